The highest BCUT2D eigenvalue weighted by Crippen LogP contribution is 2.37. The third-order valence-electron chi connectivity index (χ3n) is 3.63. The molecule has 1 aromatic carbocycles. The standard InChI is InChI=1S/C13H17NO3S/c1-13(6-8-18(15,16)9-13)17-11-4-2-3-10-5-7-14-12(10)11/h2-4,14H,5-9H2,1H3. The van der Waals surface area contributed by atoms with Crippen LogP contribution in [-0.4, -0.2) is 32.1 Å². The Labute approximate surface area is 107 Å². The molecule has 0 spiro atoms. The maximum Gasteiger partial charge on any atom is 0.154 e. The molecule has 0 aliphatic carbocycles. The van der Waals surface area contributed by atoms with Crippen LogP contribution in [0.4, 0.5) is 5.69 Å². The predicted molar refractivity (Wildman–Crippen MR) is 70.9 cm³/mol. The predicted octanol–water partition coefficient (Wildman–Crippen LogP) is 1.61. The number of ether oxygens (including phenoxy) is 1. The van der Waals surface area contributed by atoms with E-state index in [9.17, 15) is 8.42 Å². The van der Waals surface area contributed by atoms with Crippen molar-refractivity contribution < 1.29 is 13.2 Å². The molecule has 0 bridgehead atoms. The Hall–Kier alpha value is -1.23. The van der Waals surface area contributed by atoms with Gasteiger partial charge in [0.2, 0.25) is 0 Å². The minimum atomic E-state index is -2.93. The Morgan fingerprint density at radius 3 is 2.94 bits per heavy atom. The molecular formula is C13H17NO3S. The summed E-state index contributed by atoms with van der Waals surface area (Å²) in [4.78, 5) is 0. The van der Waals surface area contributed by atoms with Crippen molar-refractivity contribution in [1.82, 2.24) is 0 Å². The van der Waals surface area contributed by atoms with Gasteiger partial charge in [0.15, 0.2) is 9.84 Å². The molecule has 1 N–H and O–H groups in total. The van der Waals surface area contributed by atoms with Gasteiger partial charge in [-0.2, -0.15) is 0 Å². The van der Waals surface area contributed by atoms with Crippen molar-refractivity contribution in [3.8, 4) is 5.75 Å². The van der Waals surface area contributed by atoms with Gasteiger partial charge < -0.3 is 10.1 Å². The van der Waals surface area contributed by atoms with Crippen molar-refractivity contribution in [1.29, 1.82) is 0 Å². The Kier molecular flexibility index (Phi) is 2.55. The molecule has 0 amide bonds. The van der Waals surface area contributed by atoms with Gasteiger partial charge in [-0.15, -0.1) is 0 Å². The molecule has 98 valence electrons. The zero-order valence-electron chi connectivity index (χ0n) is 10.4. The average Bonchev–Trinajstić information content (AvgIpc) is 2.84. The highest BCUT2D eigenvalue weighted by atomic mass is 32.2. The van der Waals surface area contributed by atoms with E-state index in [1.807, 2.05) is 19.1 Å². The molecule has 1 saturated heterocycles. The fourth-order valence-electron chi connectivity index (χ4n) is 2.72. The van der Waals surface area contributed by atoms with Crippen molar-refractivity contribution in [2.45, 2.75) is 25.4 Å². The van der Waals surface area contributed by atoms with Crippen molar-refractivity contribution in [3.05, 3.63) is 23.8 Å². The molecule has 1 fully saturated rings. The summed E-state index contributed by atoms with van der Waals surface area (Å²) in [6.07, 6.45) is 1.57. The Morgan fingerprint density at radius 2 is 2.22 bits per heavy atom. The van der Waals surface area contributed by atoms with E-state index in [0.29, 0.717) is 6.42 Å². The van der Waals surface area contributed by atoms with Crippen molar-refractivity contribution in [2.75, 3.05) is 23.4 Å². The van der Waals surface area contributed by atoms with Gasteiger partial charge in [0, 0.05) is 13.0 Å². The lowest BCUT2D eigenvalue weighted by Crippen LogP contribution is -2.33. The van der Waals surface area contributed by atoms with Crippen LogP contribution in [0.3, 0.4) is 0 Å². The van der Waals surface area contributed by atoms with Crippen molar-refractivity contribution in [2.24, 2.45) is 0 Å². The SMILES string of the molecule is CC1(Oc2cccc3c2NCC3)CCS(=O)(=O)C1. The molecule has 1 aromatic rings. The third kappa shape index (κ3) is 2.07. The van der Waals surface area contributed by atoms with Gasteiger partial charge in [0.05, 0.1) is 17.2 Å². The summed E-state index contributed by atoms with van der Waals surface area (Å²) < 4.78 is 29.1. The Morgan fingerprint density at radius 1 is 1.39 bits per heavy atom. The molecular weight excluding hydrogens is 250 g/mol. The van der Waals surface area contributed by atoms with Gasteiger partial charge in [0.25, 0.3) is 0 Å². The molecule has 1 atom stereocenters. The smallest absolute Gasteiger partial charge is 0.154 e. The van der Waals surface area contributed by atoms with Crippen molar-refractivity contribution in [3.63, 3.8) is 0 Å². The fourth-order valence-corrected chi connectivity index (χ4v) is 4.74. The number of rotatable bonds is 2. The second-order valence-corrected chi connectivity index (χ2v) is 7.55. The van der Waals surface area contributed by atoms with Gasteiger partial charge >= 0.3 is 0 Å². The second-order valence-electron chi connectivity index (χ2n) is 5.36. The van der Waals surface area contributed by atoms with Gasteiger partial charge in [-0.25, -0.2) is 8.42 Å². The van der Waals surface area contributed by atoms with Crippen LogP contribution in [0.2, 0.25) is 0 Å². The quantitative estimate of drug-likeness (QED) is 0.884. The first-order valence-corrected chi connectivity index (χ1v) is 8.05. The normalized spacial score (nSPS) is 28.7. The molecule has 0 aromatic heterocycles. The van der Waals surface area contributed by atoms with Crippen LogP contribution in [0.25, 0.3) is 0 Å². The summed E-state index contributed by atoms with van der Waals surface area (Å²) in [5.41, 5.74) is 1.69. The number of anilines is 1. The summed E-state index contributed by atoms with van der Waals surface area (Å²) >= 11 is 0. The molecule has 18 heavy (non-hydrogen) atoms. The van der Waals surface area contributed by atoms with Gasteiger partial charge in [0.1, 0.15) is 11.4 Å². The largest absolute Gasteiger partial charge is 0.484 e. The summed E-state index contributed by atoms with van der Waals surface area (Å²) in [5, 5.41) is 3.31. The maximum atomic E-state index is 11.6. The summed E-state index contributed by atoms with van der Waals surface area (Å²) in [7, 11) is -2.93. The lowest BCUT2D eigenvalue weighted by molar-refractivity contribution is 0.118. The van der Waals surface area contributed by atoms with Crippen LogP contribution < -0.4 is 10.1 Å². The van der Waals surface area contributed by atoms with E-state index in [4.69, 9.17) is 4.74 Å². The fraction of sp³-hybridized carbons (Fsp3) is 0.538. The first kappa shape index (κ1) is 11.8. The van der Waals surface area contributed by atoms with E-state index in [-0.39, 0.29) is 11.5 Å². The summed E-state index contributed by atoms with van der Waals surface area (Å²) in [5.74, 6) is 1.12. The number of hydrogen-bond acceptors (Lipinski definition) is 4. The molecule has 1 unspecified atom stereocenters. The maximum absolute atomic E-state index is 11.6. The summed E-state index contributed by atoms with van der Waals surface area (Å²) in [6, 6.07) is 5.96. The van der Waals surface area contributed by atoms with E-state index in [1.54, 1.807) is 0 Å². The number of hydrogen-bond donors (Lipinski definition) is 1. The second kappa shape index (κ2) is 3.88. The molecule has 5 heteroatoms. The topological polar surface area (TPSA) is 55.4 Å². The van der Waals surface area contributed by atoms with Crippen LogP contribution in [-0.2, 0) is 16.3 Å². The summed E-state index contributed by atoms with van der Waals surface area (Å²) in [6.45, 7) is 2.80. The lowest BCUT2D eigenvalue weighted by Gasteiger charge is -2.25. The van der Waals surface area contributed by atoms with Crippen LogP contribution in [0.15, 0.2) is 18.2 Å². The number of para-hydroxylation sites is 1. The molecule has 2 aliphatic heterocycles. The van der Waals surface area contributed by atoms with Gasteiger partial charge in [-0.1, -0.05) is 12.1 Å². The van der Waals surface area contributed by atoms with Crippen LogP contribution in [0, 0.1) is 0 Å². The zero-order valence-corrected chi connectivity index (χ0v) is 11.2. The molecule has 2 heterocycles. The van der Waals surface area contributed by atoms with E-state index < -0.39 is 15.4 Å². The number of sulfone groups is 1. The van der Waals surface area contributed by atoms with Crippen LogP contribution >= 0.6 is 0 Å². The van der Waals surface area contributed by atoms with Gasteiger partial charge in [-0.3, -0.25) is 0 Å². The van der Waals surface area contributed by atoms with E-state index in [0.717, 1.165) is 24.4 Å². The van der Waals surface area contributed by atoms with Crippen LogP contribution in [0.1, 0.15) is 18.9 Å². The monoisotopic (exact) mass is 267 g/mol. The minimum absolute atomic E-state index is 0.115. The molecule has 3 rings (SSSR count). The van der Waals surface area contributed by atoms with E-state index in [1.165, 1.54) is 5.56 Å². The molecule has 2 aliphatic rings. The molecule has 4 nitrogen and oxygen atoms in total. The van der Waals surface area contributed by atoms with Crippen LogP contribution in [0.5, 0.6) is 5.75 Å². The minimum Gasteiger partial charge on any atom is -0.484 e. The number of nitrogens with one attached hydrogen (secondary N) is 1. The van der Waals surface area contributed by atoms with Crippen molar-refractivity contribution >= 4 is 15.5 Å². The number of fused-ring (bicyclic) bond motifs is 1. The zero-order chi connectivity index (χ0) is 12.8. The third-order valence-corrected chi connectivity index (χ3v) is 5.51. The Balaban J connectivity index is 1.88. The lowest BCUT2D eigenvalue weighted by atomic mass is 10.1. The number of benzene rings is 1. The Bertz CT molecular complexity index is 582. The first-order valence-electron chi connectivity index (χ1n) is 6.23. The molecule has 0 saturated carbocycles. The first-order chi connectivity index (χ1) is 8.48. The van der Waals surface area contributed by atoms with Gasteiger partial charge in [-0.05, 0) is 25.0 Å². The van der Waals surface area contributed by atoms with E-state index in [2.05, 4.69) is 11.4 Å². The average molecular weight is 267 g/mol. The molecule has 0 radical (unpaired) electrons. The highest BCUT2D eigenvalue weighted by Gasteiger charge is 2.41. The highest BCUT2D eigenvalue weighted by molar-refractivity contribution is 7.91. The van der Waals surface area contributed by atoms with E-state index >= 15 is 0 Å².